The molecule has 2 atom stereocenters. The van der Waals surface area contributed by atoms with E-state index in [0.717, 1.165) is 12.8 Å². The zero-order valence-electron chi connectivity index (χ0n) is 10.1. The second kappa shape index (κ2) is 9.21. The van der Waals surface area contributed by atoms with Gasteiger partial charge < -0.3 is 25.2 Å². The van der Waals surface area contributed by atoms with Crippen molar-refractivity contribution in [1.82, 2.24) is 0 Å². The van der Waals surface area contributed by atoms with Crippen LogP contribution in [0.5, 0.6) is 0 Å². The molecule has 0 heterocycles. The van der Waals surface area contributed by atoms with Gasteiger partial charge in [0.25, 0.3) is 0 Å². The Bertz CT molecular complexity index is 206. The van der Waals surface area contributed by atoms with Crippen LogP contribution < -0.4 is 0 Å². The Morgan fingerprint density at radius 3 is 2.35 bits per heavy atom. The fraction of sp³-hybridized carbons (Fsp3) is 0.909. The Morgan fingerprint density at radius 1 is 1.18 bits per heavy atom. The smallest absolute Gasteiger partial charge is 0.450 e. The van der Waals surface area contributed by atoms with Gasteiger partial charge in [0.2, 0.25) is 0 Å². The van der Waals surface area contributed by atoms with Crippen molar-refractivity contribution in [3.8, 4) is 0 Å². The third kappa shape index (κ3) is 10.0. The van der Waals surface area contributed by atoms with E-state index >= 15 is 0 Å². The molecule has 6 nitrogen and oxygen atoms in total. The van der Waals surface area contributed by atoms with Crippen LogP contribution >= 0.6 is 0 Å². The third-order valence-corrected chi connectivity index (χ3v) is 2.56. The molecule has 0 aromatic rings. The highest BCUT2D eigenvalue weighted by molar-refractivity contribution is 5.56. The number of carboxylic acid groups (broad SMARTS) is 1. The summed E-state index contributed by atoms with van der Waals surface area (Å²) in [6.07, 6.45) is -0.111. The van der Waals surface area contributed by atoms with E-state index in [-0.39, 0.29) is 12.5 Å². The summed E-state index contributed by atoms with van der Waals surface area (Å²) in [6, 6.07) is 0. The van der Waals surface area contributed by atoms with Gasteiger partial charge in [-0.15, -0.1) is 0 Å². The Balaban J connectivity index is 3.39. The first kappa shape index (κ1) is 16.1. The maximum atomic E-state index is 10.0. The van der Waals surface area contributed by atoms with E-state index in [9.17, 15) is 9.90 Å². The van der Waals surface area contributed by atoms with Crippen molar-refractivity contribution in [1.29, 1.82) is 0 Å². The lowest BCUT2D eigenvalue weighted by atomic mass is 9.99. The molecule has 0 aliphatic heterocycles. The fourth-order valence-electron chi connectivity index (χ4n) is 1.49. The summed E-state index contributed by atoms with van der Waals surface area (Å²) in [6.45, 7) is 1.84. The van der Waals surface area contributed by atoms with Gasteiger partial charge in [-0.1, -0.05) is 13.3 Å². The molecule has 4 N–H and O–H groups in total. The Morgan fingerprint density at radius 2 is 1.82 bits per heavy atom. The lowest BCUT2D eigenvalue weighted by Gasteiger charge is -2.17. The molecule has 0 amide bonds. The molecule has 17 heavy (non-hydrogen) atoms. The monoisotopic (exact) mass is 250 g/mol. The van der Waals surface area contributed by atoms with Crippen LogP contribution in [0.1, 0.15) is 39.0 Å². The lowest BCUT2D eigenvalue weighted by molar-refractivity contribution is -0.0891. The first-order valence-electron chi connectivity index (χ1n) is 5.83. The summed E-state index contributed by atoms with van der Waals surface area (Å²) >= 11 is 0. The summed E-state index contributed by atoms with van der Waals surface area (Å²) in [5.74, 6) is -0.347. The highest BCUT2D eigenvalue weighted by atomic mass is 16.7. The van der Waals surface area contributed by atoms with E-state index < -0.39 is 18.5 Å². The van der Waals surface area contributed by atoms with Crippen LogP contribution in [0.25, 0.3) is 0 Å². The first-order chi connectivity index (χ1) is 7.93. The number of hydrogen-bond acceptors (Lipinski definition) is 5. The van der Waals surface area contributed by atoms with Crippen LogP contribution in [0.3, 0.4) is 0 Å². The van der Waals surface area contributed by atoms with Gasteiger partial charge in [0.15, 0.2) is 6.29 Å². The molecule has 0 radical (unpaired) electrons. The van der Waals surface area contributed by atoms with Crippen LogP contribution in [0.4, 0.5) is 4.79 Å². The number of unbranched alkanes of at least 4 members (excludes halogenated alkanes) is 2. The van der Waals surface area contributed by atoms with Crippen LogP contribution in [-0.4, -0.2) is 45.6 Å². The number of aliphatic hydroxyl groups excluding tert-OH is 2. The number of ether oxygens (including phenoxy) is 1. The van der Waals surface area contributed by atoms with Gasteiger partial charge in [0.05, 0.1) is 12.7 Å². The molecule has 0 rings (SSSR count). The zero-order valence-corrected chi connectivity index (χ0v) is 10.1. The Hall–Kier alpha value is -0.850. The van der Waals surface area contributed by atoms with Gasteiger partial charge >= 0.3 is 6.16 Å². The second-order valence-corrected chi connectivity index (χ2v) is 4.24. The highest BCUT2D eigenvalue weighted by Crippen LogP contribution is 2.14. The molecular formula is C11H22O6. The normalized spacial score (nSPS) is 14.6. The quantitative estimate of drug-likeness (QED) is 0.275. The van der Waals surface area contributed by atoms with Crippen molar-refractivity contribution in [2.24, 2.45) is 5.92 Å². The topological polar surface area (TPSA) is 107 Å². The second-order valence-electron chi connectivity index (χ2n) is 4.24. The van der Waals surface area contributed by atoms with Crippen molar-refractivity contribution in [2.75, 3.05) is 6.61 Å². The largest absolute Gasteiger partial charge is 0.505 e. The van der Waals surface area contributed by atoms with E-state index in [4.69, 9.17) is 15.3 Å². The van der Waals surface area contributed by atoms with Gasteiger partial charge in [-0.3, -0.25) is 0 Å². The Kier molecular flexibility index (Phi) is 8.75. The van der Waals surface area contributed by atoms with Gasteiger partial charge in [0, 0.05) is 5.92 Å². The predicted octanol–water partition coefficient (Wildman–Crippen LogP) is 0.939. The maximum absolute atomic E-state index is 10.0. The summed E-state index contributed by atoms with van der Waals surface area (Å²) in [5, 5.41) is 35.4. The van der Waals surface area contributed by atoms with E-state index in [1.165, 1.54) is 0 Å². The van der Waals surface area contributed by atoms with Gasteiger partial charge in [-0.05, 0) is 25.7 Å². The molecule has 0 saturated carbocycles. The maximum Gasteiger partial charge on any atom is 0.505 e. The summed E-state index contributed by atoms with van der Waals surface area (Å²) in [4.78, 5) is 10.0. The Labute approximate surface area is 101 Å². The molecule has 0 bridgehead atoms. The molecule has 2 unspecified atom stereocenters. The standard InChI is InChI=1S/C11H22O6/c1-8(10(13)14)7-9(12)5-3-2-4-6-17-11(15)16/h8-10,12-14H,2-7H2,1H3,(H,15,16). The van der Waals surface area contributed by atoms with Crippen LogP contribution in [0.15, 0.2) is 0 Å². The summed E-state index contributed by atoms with van der Waals surface area (Å²) in [5.41, 5.74) is 0. The molecular weight excluding hydrogens is 228 g/mol. The van der Waals surface area contributed by atoms with E-state index in [1.54, 1.807) is 6.92 Å². The summed E-state index contributed by atoms with van der Waals surface area (Å²) in [7, 11) is 0. The number of carbonyl (C=O) groups is 1. The zero-order chi connectivity index (χ0) is 13.3. The molecule has 0 aromatic carbocycles. The fourth-order valence-corrected chi connectivity index (χ4v) is 1.49. The van der Waals surface area contributed by atoms with Crippen molar-refractivity contribution < 1.29 is 30.0 Å². The molecule has 0 saturated heterocycles. The third-order valence-electron chi connectivity index (χ3n) is 2.56. The van der Waals surface area contributed by atoms with Crippen molar-refractivity contribution in [3.05, 3.63) is 0 Å². The lowest BCUT2D eigenvalue weighted by Crippen LogP contribution is -2.22. The van der Waals surface area contributed by atoms with Gasteiger partial charge in [-0.2, -0.15) is 0 Å². The van der Waals surface area contributed by atoms with E-state index in [2.05, 4.69) is 4.74 Å². The highest BCUT2D eigenvalue weighted by Gasteiger charge is 2.15. The molecule has 0 aliphatic rings. The minimum atomic E-state index is -1.39. The average molecular weight is 250 g/mol. The predicted molar refractivity (Wildman–Crippen MR) is 60.5 cm³/mol. The van der Waals surface area contributed by atoms with E-state index in [1.807, 2.05) is 0 Å². The molecule has 0 aliphatic carbocycles. The van der Waals surface area contributed by atoms with Crippen LogP contribution in [0.2, 0.25) is 0 Å². The van der Waals surface area contributed by atoms with E-state index in [0.29, 0.717) is 19.3 Å². The molecule has 0 fully saturated rings. The van der Waals surface area contributed by atoms with Crippen LogP contribution in [0, 0.1) is 5.92 Å². The SMILES string of the molecule is CC(CC(O)CCCCCOC(=O)O)C(O)O. The first-order valence-corrected chi connectivity index (χ1v) is 5.83. The number of rotatable bonds is 9. The van der Waals surface area contributed by atoms with Crippen LogP contribution in [-0.2, 0) is 4.74 Å². The van der Waals surface area contributed by atoms with Crippen molar-refractivity contribution in [3.63, 3.8) is 0 Å². The number of aliphatic hydroxyl groups is 3. The average Bonchev–Trinajstić information content (AvgIpc) is 2.22. The molecule has 102 valence electrons. The van der Waals surface area contributed by atoms with Crippen molar-refractivity contribution in [2.45, 2.75) is 51.4 Å². The summed E-state index contributed by atoms with van der Waals surface area (Å²) < 4.78 is 4.33. The minimum absolute atomic E-state index is 0.178. The van der Waals surface area contributed by atoms with Gasteiger partial charge in [0.1, 0.15) is 0 Å². The van der Waals surface area contributed by atoms with Gasteiger partial charge in [-0.25, -0.2) is 4.79 Å². The molecule has 0 aromatic heterocycles. The molecule has 6 heteroatoms. The minimum Gasteiger partial charge on any atom is -0.450 e. The van der Waals surface area contributed by atoms with Crippen molar-refractivity contribution >= 4 is 6.16 Å². The molecule has 0 spiro atoms. The number of hydrogen-bond donors (Lipinski definition) is 4.